The van der Waals surface area contributed by atoms with E-state index >= 15 is 0 Å². The third kappa shape index (κ3) is 4.45. The van der Waals surface area contributed by atoms with Crippen molar-refractivity contribution < 1.29 is 23.9 Å². The molecule has 0 radical (unpaired) electrons. The maximum Gasteiger partial charge on any atom is 0.405 e. The first-order valence-corrected chi connectivity index (χ1v) is 9.78. The van der Waals surface area contributed by atoms with Gasteiger partial charge in [-0.25, -0.2) is 4.79 Å². The van der Waals surface area contributed by atoms with Crippen LogP contribution in [-0.2, 0) is 26.5 Å². The van der Waals surface area contributed by atoms with Crippen LogP contribution in [0.3, 0.4) is 0 Å². The summed E-state index contributed by atoms with van der Waals surface area (Å²) >= 11 is 0. The molecule has 2 aromatic carbocycles. The van der Waals surface area contributed by atoms with Gasteiger partial charge in [-0.05, 0) is 44.0 Å². The maximum atomic E-state index is 13.0. The molecule has 0 spiro atoms. The van der Waals surface area contributed by atoms with E-state index in [1.807, 2.05) is 13.8 Å². The number of hydrogen-bond donors (Lipinski definition) is 1. The van der Waals surface area contributed by atoms with Gasteiger partial charge < -0.3 is 20.1 Å². The minimum absolute atomic E-state index is 0.0280. The molecule has 158 valence electrons. The van der Waals surface area contributed by atoms with E-state index in [1.54, 1.807) is 24.3 Å². The Morgan fingerprint density at radius 3 is 2.47 bits per heavy atom. The van der Waals surface area contributed by atoms with Gasteiger partial charge in [0.2, 0.25) is 5.60 Å². The second kappa shape index (κ2) is 8.57. The number of primary amides is 1. The van der Waals surface area contributed by atoms with Crippen LogP contribution in [0, 0.1) is 13.8 Å². The van der Waals surface area contributed by atoms with Gasteiger partial charge in [0.1, 0.15) is 18.1 Å². The lowest BCUT2D eigenvalue weighted by atomic mass is 9.92. The molecule has 1 heterocycles. The van der Waals surface area contributed by atoms with E-state index < -0.39 is 17.6 Å². The van der Waals surface area contributed by atoms with Crippen LogP contribution in [0.4, 0.5) is 4.79 Å². The van der Waals surface area contributed by atoms with E-state index in [0.717, 1.165) is 16.7 Å². The molecule has 30 heavy (non-hydrogen) atoms. The van der Waals surface area contributed by atoms with E-state index in [1.165, 1.54) is 11.8 Å². The third-order valence-electron chi connectivity index (χ3n) is 5.27. The van der Waals surface area contributed by atoms with Gasteiger partial charge in [-0.1, -0.05) is 35.9 Å². The lowest BCUT2D eigenvalue weighted by molar-refractivity contribution is -0.145. The fourth-order valence-electron chi connectivity index (χ4n) is 3.71. The first-order chi connectivity index (χ1) is 14.2. The summed E-state index contributed by atoms with van der Waals surface area (Å²) in [5.74, 6) is 0.0360. The molecule has 2 aromatic rings. The summed E-state index contributed by atoms with van der Waals surface area (Å²) in [5.41, 5.74) is 7.63. The average Bonchev–Trinajstić information content (AvgIpc) is 2.98. The molecule has 1 unspecified atom stereocenters. The zero-order valence-corrected chi connectivity index (χ0v) is 17.4. The number of carbonyl (C=O) groups is 3. The molecule has 1 fully saturated rings. The average molecular weight is 410 g/mol. The highest BCUT2D eigenvalue weighted by molar-refractivity contribution is 5.93. The van der Waals surface area contributed by atoms with Gasteiger partial charge >= 0.3 is 6.09 Å². The Labute approximate surface area is 175 Å². The number of hydrogen-bond acceptors (Lipinski definition) is 5. The number of Topliss-reactive ketones (excluding diaryl/α,β-unsaturated/α-hetero) is 1. The predicted molar refractivity (Wildman–Crippen MR) is 111 cm³/mol. The maximum absolute atomic E-state index is 13.0. The monoisotopic (exact) mass is 410 g/mol. The smallest absolute Gasteiger partial charge is 0.405 e. The molecular formula is C23H26N2O5. The lowest BCUT2D eigenvalue weighted by Gasteiger charge is -2.27. The van der Waals surface area contributed by atoms with Gasteiger partial charge in [0.15, 0.2) is 0 Å². The normalized spacial score (nSPS) is 18.4. The Balaban J connectivity index is 1.79. The predicted octanol–water partition coefficient (Wildman–Crippen LogP) is 2.99. The number of benzene rings is 2. The Kier molecular flexibility index (Phi) is 6.10. The van der Waals surface area contributed by atoms with Gasteiger partial charge in [0.25, 0.3) is 5.91 Å². The second-order valence-corrected chi connectivity index (χ2v) is 7.67. The van der Waals surface area contributed by atoms with Crippen molar-refractivity contribution in [3.05, 3.63) is 64.7 Å². The van der Waals surface area contributed by atoms with Crippen LogP contribution in [0.15, 0.2) is 42.5 Å². The van der Waals surface area contributed by atoms with E-state index in [9.17, 15) is 14.4 Å². The van der Waals surface area contributed by atoms with Crippen LogP contribution in [0.1, 0.15) is 35.6 Å². The molecule has 0 bridgehead atoms. The van der Waals surface area contributed by atoms with Crippen LogP contribution in [0.25, 0.3) is 0 Å². The summed E-state index contributed by atoms with van der Waals surface area (Å²) in [5, 5.41) is 0. The molecule has 1 aliphatic rings. The van der Waals surface area contributed by atoms with Crippen molar-refractivity contribution in [2.24, 2.45) is 5.73 Å². The highest BCUT2D eigenvalue weighted by Gasteiger charge is 2.51. The third-order valence-corrected chi connectivity index (χ3v) is 5.27. The van der Waals surface area contributed by atoms with Gasteiger partial charge in [0.05, 0.1) is 6.54 Å². The van der Waals surface area contributed by atoms with Crippen molar-refractivity contribution in [1.82, 2.24) is 4.90 Å². The second-order valence-electron chi connectivity index (χ2n) is 7.67. The Hall–Kier alpha value is -3.35. The number of aryl methyl sites for hydroxylation is 2. The number of amides is 2. The number of ketones is 1. The quantitative estimate of drug-likeness (QED) is 0.757. The fourth-order valence-corrected chi connectivity index (χ4v) is 3.71. The summed E-state index contributed by atoms with van der Waals surface area (Å²) in [6.07, 6.45) is -0.812. The van der Waals surface area contributed by atoms with Crippen LogP contribution in [-0.4, -0.2) is 35.8 Å². The van der Waals surface area contributed by atoms with Crippen molar-refractivity contribution in [3.63, 3.8) is 0 Å². The van der Waals surface area contributed by atoms with Crippen LogP contribution in [0.5, 0.6) is 5.75 Å². The highest BCUT2D eigenvalue weighted by atomic mass is 16.6. The van der Waals surface area contributed by atoms with Gasteiger partial charge in [-0.3, -0.25) is 9.59 Å². The number of rotatable bonds is 7. The minimum atomic E-state index is -1.52. The minimum Gasteiger partial charge on any atom is -0.489 e. The number of carbonyl (C=O) groups excluding carboxylic acids is 3. The summed E-state index contributed by atoms with van der Waals surface area (Å²) in [6, 6.07) is 13.0. The van der Waals surface area contributed by atoms with Crippen molar-refractivity contribution in [2.45, 2.75) is 39.4 Å². The first kappa shape index (κ1) is 21.4. The van der Waals surface area contributed by atoms with Crippen molar-refractivity contribution in [1.29, 1.82) is 0 Å². The molecule has 2 amide bonds. The Morgan fingerprint density at radius 2 is 1.83 bits per heavy atom. The summed E-state index contributed by atoms with van der Waals surface area (Å²) in [6.45, 7) is 6.16. The standard InChI is InChI=1S/C23H26N2O5/c1-15-4-5-16(2)18(12-15)14-29-20-8-6-19(7-9-20)23(30-22(24)28)10-11-25(21(23)27)13-17(3)26/h4-9,12H,10-11,13-14H2,1-3H3,(H2,24,28). The van der Waals surface area contributed by atoms with Crippen molar-refractivity contribution >= 4 is 17.8 Å². The summed E-state index contributed by atoms with van der Waals surface area (Å²) in [4.78, 5) is 37.3. The molecule has 1 saturated heterocycles. The largest absolute Gasteiger partial charge is 0.489 e. The van der Waals surface area contributed by atoms with E-state index in [0.29, 0.717) is 24.5 Å². The molecule has 7 nitrogen and oxygen atoms in total. The molecular weight excluding hydrogens is 384 g/mol. The molecule has 1 atom stereocenters. The zero-order valence-electron chi connectivity index (χ0n) is 17.4. The zero-order chi connectivity index (χ0) is 21.9. The highest BCUT2D eigenvalue weighted by Crippen LogP contribution is 2.38. The number of ether oxygens (including phenoxy) is 2. The Morgan fingerprint density at radius 1 is 1.13 bits per heavy atom. The van der Waals surface area contributed by atoms with Crippen molar-refractivity contribution in [2.75, 3.05) is 13.1 Å². The Bertz CT molecular complexity index is 970. The molecule has 7 heteroatoms. The number of nitrogens with zero attached hydrogens (tertiary/aromatic N) is 1. The molecule has 0 aromatic heterocycles. The van der Waals surface area contributed by atoms with Crippen LogP contribution < -0.4 is 10.5 Å². The van der Waals surface area contributed by atoms with E-state index in [2.05, 4.69) is 18.2 Å². The molecule has 1 aliphatic heterocycles. The number of nitrogens with two attached hydrogens (primary N) is 1. The SMILES string of the molecule is CC(=O)CN1CCC(OC(N)=O)(c2ccc(OCc3cc(C)ccc3C)cc2)C1=O. The molecule has 3 rings (SSSR count). The molecule has 2 N–H and O–H groups in total. The topological polar surface area (TPSA) is 98.9 Å². The molecule has 0 aliphatic carbocycles. The van der Waals surface area contributed by atoms with Crippen LogP contribution >= 0.6 is 0 Å². The van der Waals surface area contributed by atoms with Gasteiger partial charge in [0, 0.05) is 18.5 Å². The van der Waals surface area contributed by atoms with Gasteiger partial charge in [-0.15, -0.1) is 0 Å². The number of likely N-dealkylation sites (tertiary alicyclic amines) is 1. The van der Waals surface area contributed by atoms with Gasteiger partial charge in [-0.2, -0.15) is 0 Å². The summed E-state index contributed by atoms with van der Waals surface area (Å²) < 4.78 is 11.2. The first-order valence-electron chi connectivity index (χ1n) is 9.78. The summed E-state index contributed by atoms with van der Waals surface area (Å²) in [7, 11) is 0. The molecule has 0 saturated carbocycles. The van der Waals surface area contributed by atoms with Crippen LogP contribution in [0.2, 0.25) is 0 Å². The van der Waals surface area contributed by atoms with E-state index in [-0.39, 0.29) is 18.7 Å². The lowest BCUT2D eigenvalue weighted by Crippen LogP contribution is -2.43. The fraction of sp³-hybridized carbons (Fsp3) is 0.348. The van der Waals surface area contributed by atoms with E-state index in [4.69, 9.17) is 15.2 Å². The van der Waals surface area contributed by atoms with Crippen molar-refractivity contribution in [3.8, 4) is 5.75 Å².